The number of amides is 1. The van der Waals surface area contributed by atoms with Crippen LogP contribution < -0.4 is 5.32 Å². The molecule has 0 aromatic heterocycles. The smallest absolute Gasteiger partial charge is 0.246 e. The van der Waals surface area contributed by atoms with E-state index in [0.29, 0.717) is 13.2 Å². The van der Waals surface area contributed by atoms with Crippen molar-refractivity contribution in [2.24, 2.45) is 0 Å². The molecule has 2 rings (SSSR count). The highest BCUT2D eigenvalue weighted by atomic mass is 16.5. The van der Waals surface area contributed by atoms with Gasteiger partial charge in [-0.05, 0) is 24.8 Å². The Morgan fingerprint density at radius 3 is 2.65 bits per heavy atom. The Labute approximate surface area is 120 Å². The molecule has 0 unspecified atom stereocenters. The van der Waals surface area contributed by atoms with E-state index in [0.717, 1.165) is 32.1 Å². The van der Waals surface area contributed by atoms with Gasteiger partial charge in [0.25, 0.3) is 0 Å². The second-order valence-corrected chi connectivity index (χ2v) is 5.50. The molecular weight excluding hydrogens is 254 g/mol. The minimum absolute atomic E-state index is 0.0584. The molecule has 1 aromatic carbocycles. The molecule has 110 valence electrons. The van der Waals surface area contributed by atoms with Crippen molar-refractivity contribution in [2.45, 2.75) is 37.7 Å². The van der Waals surface area contributed by atoms with Crippen molar-refractivity contribution in [1.29, 1.82) is 0 Å². The first kappa shape index (κ1) is 15.0. The third-order valence-corrected chi connectivity index (χ3v) is 3.76. The van der Waals surface area contributed by atoms with Crippen LogP contribution >= 0.6 is 0 Å². The van der Waals surface area contributed by atoms with Crippen molar-refractivity contribution in [1.82, 2.24) is 5.32 Å². The summed E-state index contributed by atoms with van der Waals surface area (Å²) in [6, 6.07) is 10.0. The number of nitrogens with one attached hydrogen (secondary N) is 1. The third kappa shape index (κ3) is 4.94. The van der Waals surface area contributed by atoms with Crippen LogP contribution in [-0.2, 0) is 16.0 Å². The summed E-state index contributed by atoms with van der Waals surface area (Å²) < 4.78 is 5.35. The Bertz CT molecular complexity index is 413. The first-order valence-electron chi connectivity index (χ1n) is 7.29. The fourth-order valence-corrected chi connectivity index (χ4v) is 2.52. The zero-order valence-corrected chi connectivity index (χ0v) is 11.8. The molecule has 0 spiro atoms. The van der Waals surface area contributed by atoms with Crippen molar-refractivity contribution in [3.63, 3.8) is 0 Å². The predicted octanol–water partition coefficient (Wildman–Crippen LogP) is 1.67. The van der Waals surface area contributed by atoms with E-state index < -0.39 is 5.60 Å². The summed E-state index contributed by atoms with van der Waals surface area (Å²) in [6.45, 7) is 0.929. The van der Waals surface area contributed by atoms with Gasteiger partial charge in [-0.3, -0.25) is 4.79 Å². The fourth-order valence-electron chi connectivity index (χ4n) is 2.52. The molecule has 1 aromatic rings. The molecule has 0 saturated heterocycles. The van der Waals surface area contributed by atoms with Crippen LogP contribution in [-0.4, -0.2) is 36.4 Å². The second-order valence-electron chi connectivity index (χ2n) is 5.50. The van der Waals surface area contributed by atoms with Crippen LogP contribution in [0, 0.1) is 0 Å². The maximum atomic E-state index is 11.6. The Morgan fingerprint density at radius 1 is 1.25 bits per heavy atom. The maximum Gasteiger partial charge on any atom is 0.246 e. The van der Waals surface area contributed by atoms with E-state index in [1.54, 1.807) is 0 Å². The van der Waals surface area contributed by atoms with Gasteiger partial charge in [0.2, 0.25) is 5.91 Å². The van der Waals surface area contributed by atoms with E-state index in [4.69, 9.17) is 4.74 Å². The number of carbonyl (C=O) groups is 1. The minimum Gasteiger partial charge on any atom is -0.388 e. The van der Waals surface area contributed by atoms with Gasteiger partial charge in [0.15, 0.2) is 0 Å². The van der Waals surface area contributed by atoms with Crippen LogP contribution in [0.4, 0.5) is 0 Å². The number of carbonyl (C=O) groups excluding carboxylic acids is 1. The molecule has 1 saturated carbocycles. The van der Waals surface area contributed by atoms with Crippen LogP contribution in [0.25, 0.3) is 0 Å². The Morgan fingerprint density at radius 2 is 1.95 bits per heavy atom. The molecule has 1 fully saturated rings. The van der Waals surface area contributed by atoms with Gasteiger partial charge < -0.3 is 15.2 Å². The molecule has 20 heavy (non-hydrogen) atoms. The Kier molecular flexibility index (Phi) is 5.56. The van der Waals surface area contributed by atoms with E-state index in [2.05, 4.69) is 5.32 Å². The lowest BCUT2D eigenvalue weighted by molar-refractivity contribution is -0.126. The van der Waals surface area contributed by atoms with Crippen molar-refractivity contribution < 1.29 is 14.6 Å². The normalized spacial score (nSPS) is 17.1. The highest BCUT2D eigenvalue weighted by molar-refractivity contribution is 5.77. The number of rotatable bonds is 7. The van der Waals surface area contributed by atoms with Gasteiger partial charge in [-0.2, -0.15) is 0 Å². The zero-order valence-electron chi connectivity index (χ0n) is 11.8. The summed E-state index contributed by atoms with van der Waals surface area (Å²) >= 11 is 0. The molecule has 0 aliphatic heterocycles. The van der Waals surface area contributed by atoms with Gasteiger partial charge in [0.1, 0.15) is 6.61 Å². The van der Waals surface area contributed by atoms with Gasteiger partial charge >= 0.3 is 0 Å². The van der Waals surface area contributed by atoms with Crippen LogP contribution in [0.2, 0.25) is 0 Å². The quantitative estimate of drug-likeness (QED) is 0.745. The monoisotopic (exact) mass is 277 g/mol. The van der Waals surface area contributed by atoms with E-state index in [-0.39, 0.29) is 12.5 Å². The number of hydrogen-bond acceptors (Lipinski definition) is 3. The lowest BCUT2D eigenvalue weighted by atomic mass is 10.0. The summed E-state index contributed by atoms with van der Waals surface area (Å²) in [4.78, 5) is 11.6. The van der Waals surface area contributed by atoms with Gasteiger partial charge in [-0.1, -0.05) is 43.2 Å². The first-order chi connectivity index (χ1) is 9.68. The largest absolute Gasteiger partial charge is 0.388 e. The highest BCUT2D eigenvalue weighted by Crippen LogP contribution is 2.28. The SMILES string of the molecule is O=C(COCCc1ccccc1)NCC1(O)CCCC1. The average Bonchev–Trinajstić information content (AvgIpc) is 2.90. The summed E-state index contributed by atoms with van der Waals surface area (Å²) in [6.07, 6.45) is 4.45. The summed E-state index contributed by atoms with van der Waals surface area (Å²) in [5, 5.41) is 12.9. The zero-order chi connectivity index (χ0) is 14.3. The van der Waals surface area contributed by atoms with Crippen molar-refractivity contribution in [3.05, 3.63) is 35.9 Å². The molecule has 1 aliphatic carbocycles. The number of benzene rings is 1. The first-order valence-corrected chi connectivity index (χ1v) is 7.29. The van der Waals surface area contributed by atoms with Gasteiger partial charge in [-0.25, -0.2) is 0 Å². The maximum absolute atomic E-state index is 11.6. The number of aliphatic hydroxyl groups is 1. The molecule has 0 bridgehead atoms. The van der Waals surface area contributed by atoms with E-state index in [9.17, 15) is 9.90 Å². The lowest BCUT2D eigenvalue weighted by Gasteiger charge is -2.22. The van der Waals surface area contributed by atoms with E-state index in [1.807, 2.05) is 30.3 Å². The summed E-state index contributed by atoms with van der Waals surface area (Å²) in [5.74, 6) is -0.154. The molecule has 1 aliphatic rings. The second kappa shape index (κ2) is 7.41. The Balaban J connectivity index is 1.56. The number of hydrogen-bond donors (Lipinski definition) is 2. The van der Waals surface area contributed by atoms with Gasteiger partial charge in [0, 0.05) is 6.54 Å². The van der Waals surface area contributed by atoms with E-state index in [1.165, 1.54) is 5.56 Å². The molecule has 0 radical (unpaired) electrons. The average molecular weight is 277 g/mol. The van der Waals surface area contributed by atoms with Gasteiger partial charge in [-0.15, -0.1) is 0 Å². The lowest BCUT2D eigenvalue weighted by Crippen LogP contribution is -2.42. The molecule has 0 heterocycles. The van der Waals surface area contributed by atoms with Crippen LogP contribution in [0.1, 0.15) is 31.2 Å². The van der Waals surface area contributed by atoms with Crippen molar-refractivity contribution >= 4 is 5.91 Å². The number of ether oxygens (including phenoxy) is 1. The molecular formula is C16H23NO3. The van der Waals surface area contributed by atoms with Crippen molar-refractivity contribution in [2.75, 3.05) is 19.8 Å². The van der Waals surface area contributed by atoms with Crippen LogP contribution in [0.3, 0.4) is 0 Å². The molecule has 1 amide bonds. The predicted molar refractivity (Wildman–Crippen MR) is 77.4 cm³/mol. The molecule has 0 atom stereocenters. The van der Waals surface area contributed by atoms with Gasteiger partial charge in [0.05, 0.1) is 12.2 Å². The van der Waals surface area contributed by atoms with E-state index >= 15 is 0 Å². The third-order valence-electron chi connectivity index (χ3n) is 3.76. The molecule has 4 nitrogen and oxygen atoms in total. The summed E-state index contributed by atoms with van der Waals surface area (Å²) in [5.41, 5.74) is 0.507. The molecule has 4 heteroatoms. The van der Waals surface area contributed by atoms with Crippen LogP contribution in [0.5, 0.6) is 0 Å². The highest BCUT2D eigenvalue weighted by Gasteiger charge is 2.31. The molecule has 2 N–H and O–H groups in total. The fraction of sp³-hybridized carbons (Fsp3) is 0.562. The minimum atomic E-state index is -0.695. The topological polar surface area (TPSA) is 58.6 Å². The summed E-state index contributed by atoms with van der Waals surface area (Å²) in [7, 11) is 0. The van der Waals surface area contributed by atoms with Crippen LogP contribution in [0.15, 0.2) is 30.3 Å². The van der Waals surface area contributed by atoms with Crippen molar-refractivity contribution in [3.8, 4) is 0 Å². The Hall–Kier alpha value is -1.39. The standard InChI is InChI=1S/C16H23NO3/c18-15(17-13-16(19)9-4-5-10-16)12-20-11-8-14-6-2-1-3-7-14/h1-3,6-7,19H,4-5,8-13H2,(H,17,18).